The number of amides is 1. The number of hydrogen-bond donors (Lipinski definition) is 1. The zero-order valence-electron chi connectivity index (χ0n) is 19.0. The molecule has 176 valence electrons. The van der Waals surface area contributed by atoms with Crippen molar-refractivity contribution in [2.24, 2.45) is 5.92 Å². The number of carbonyl (C=O) groups excluding carboxylic acids is 1. The van der Waals surface area contributed by atoms with E-state index in [1.807, 2.05) is 6.92 Å². The van der Waals surface area contributed by atoms with Gasteiger partial charge in [0.25, 0.3) is 10.0 Å². The molecule has 1 N–H and O–H groups in total. The normalized spacial score (nSPS) is 12.2. The first-order valence-electron chi connectivity index (χ1n) is 11.1. The van der Waals surface area contributed by atoms with Crippen molar-refractivity contribution >= 4 is 37.5 Å². The second kappa shape index (κ2) is 12.8. The lowest BCUT2D eigenvalue weighted by atomic mass is 9.99. The topological polar surface area (TPSA) is 75.7 Å². The first kappa shape index (κ1) is 26.2. The maximum atomic E-state index is 13.4. The number of sulfonamides is 1. The summed E-state index contributed by atoms with van der Waals surface area (Å²) in [5.41, 5.74) is 0.407. The molecule has 0 aliphatic carbocycles. The third-order valence-electron chi connectivity index (χ3n) is 5.26. The predicted octanol–water partition coefficient (Wildman–Crippen LogP) is 5.38. The van der Waals surface area contributed by atoms with Crippen LogP contribution in [0.4, 0.5) is 5.69 Å². The summed E-state index contributed by atoms with van der Waals surface area (Å²) in [6.07, 6.45) is 4.25. The second-order valence-corrected chi connectivity index (χ2v) is 10.4. The molecule has 0 radical (unpaired) electrons. The van der Waals surface area contributed by atoms with Crippen LogP contribution < -0.4 is 14.4 Å². The molecule has 0 aliphatic rings. The molecule has 0 saturated heterocycles. The summed E-state index contributed by atoms with van der Waals surface area (Å²) in [5, 5.41) is 2.93. The fourth-order valence-corrected chi connectivity index (χ4v) is 5.00. The number of ether oxygens (including phenoxy) is 1. The second-order valence-electron chi connectivity index (χ2n) is 7.61. The molecule has 0 heterocycles. The molecule has 0 spiro atoms. The van der Waals surface area contributed by atoms with Gasteiger partial charge in [-0.3, -0.25) is 9.10 Å². The Morgan fingerprint density at radius 3 is 2.28 bits per heavy atom. The van der Waals surface area contributed by atoms with Crippen molar-refractivity contribution in [2.75, 3.05) is 24.0 Å². The van der Waals surface area contributed by atoms with E-state index in [0.29, 0.717) is 30.5 Å². The minimum Gasteiger partial charge on any atom is -0.494 e. The smallest absolute Gasteiger partial charge is 0.264 e. The van der Waals surface area contributed by atoms with E-state index in [0.717, 1.165) is 34.5 Å². The summed E-state index contributed by atoms with van der Waals surface area (Å²) in [6, 6.07) is 13.1. The molecule has 2 aromatic rings. The summed E-state index contributed by atoms with van der Waals surface area (Å²) < 4.78 is 34.2. The van der Waals surface area contributed by atoms with Crippen molar-refractivity contribution in [1.29, 1.82) is 0 Å². The van der Waals surface area contributed by atoms with Crippen LogP contribution in [0.2, 0.25) is 0 Å². The molecule has 0 fully saturated rings. The Morgan fingerprint density at radius 2 is 1.72 bits per heavy atom. The van der Waals surface area contributed by atoms with Crippen molar-refractivity contribution < 1.29 is 17.9 Å². The molecule has 0 saturated carbocycles. The summed E-state index contributed by atoms with van der Waals surface area (Å²) >= 11 is 3.33. The summed E-state index contributed by atoms with van der Waals surface area (Å²) in [5.74, 6) is 0.707. The average molecular weight is 526 g/mol. The first-order chi connectivity index (χ1) is 15.3. The molecule has 1 atom stereocenters. The van der Waals surface area contributed by atoms with Gasteiger partial charge >= 0.3 is 0 Å². The third kappa shape index (κ3) is 7.52. The van der Waals surface area contributed by atoms with Crippen LogP contribution in [0.3, 0.4) is 0 Å². The van der Waals surface area contributed by atoms with Gasteiger partial charge in [0, 0.05) is 11.0 Å². The monoisotopic (exact) mass is 524 g/mol. The van der Waals surface area contributed by atoms with Crippen LogP contribution in [0.1, 0.15) is 46.5 Å². The van der Waals surface area contributed by atoms with Crippen LogP contribution in [-0.2, 0) is 14.8 Å². The summed E-state index contributed by atoms with van der Waals surface area (Å²) in [6.45, 7) is 6.90. The number of anilines is 1. The highest BCUT2D eigenvalue weighted by atomic mass is 79.9. The number of carbonyl (C=O) groups is 1. The van der Waals surface area contributed by atoms with Gasteiger partial charge in [-0.1, -0.05) is 49.0 Å². The van der Waals surface area contributed by atoms with Crippen molar-refractivity contribution in [2.45, 2.75) is 51.3 Å². The summed E-state index contributed by atoms with van der Waals surface area (Å²) in [4.78, 5) is 12.9. The Hall–Kier alpha value is -2.06. The van der Waals surface area contributed by atoms with Crippen molar-refractivity contribution in [3.63, 3.8) is 0 Å². The summed E-state index contributed by atoms with van der Waals surface area (Å²) in [7, 11) is -3.94. The van der Waals surface area contributed by atoms with E-state index < -0.39 is 10.0 Å². The average Bonchev–Trinajstić information content (AvgIpc) is 2.78. The zero-order chi connectivity index (χ0) is 23.6. The Balaban J connectivity index is 2.25. The zero-order valence-corrected chi connectivity index (χ0v) is 21.4. The number of benzene rings is 2. The Morgan fingerprint density at radius 1 is 1.06 bits per heavy atom. The van der Waals surface area contributed by atoms with Gasteiger partial charge in [-0.05, 0) is 67.8 Å². The number of halogens is 1. The molecule has 8 heteroatoms. The number of rotatable bonds is 13. The van der Waals surface area contributed by atoms with Gasteiger partial charge in [-0.15, -0.1) is 0 Å². The van der Waals surface area contributed by atoms with E-state index in [1.165, 1.54) is 12.1 Å². The van der Waals surface area contributed by atoms with Gasteiger partial charge in [0.1, 0.15) is 12.3 Å². The Bertz CT molecular complexity index is 947. The molecule has 2 rings (SSSR count). The van der Waals surface area contributed by atoms with Gasteiger partial charge in [-0.25, -0.2) is 8.42 Å². The third-order valence-corrected chi connectivity index (χ3v) is 7.57. The molecule has 0 unspecified atom stereocenters. The van der Waals surface area contributed by atoms with Crippen LogP contribution in [0.5, 0.6) is 5.75 Å². The quantitative estimate of drug-likeness (QED) is 0.381. The van der Waals surface area contributed by atoms with Crippen molar-refractivity contribution in [3.05, 3.63) is 53.0 Å². The lowest BCUT2D eigenvalue weighted by Crippen LogP contribution is -2.42. The maximum absolute atomic E-state index is 13.4. The van der Waals surface area contributed by atoms with E-state index in [4.69, 9.17) is 4.74 Å². The standard InChI is InChI=1S/C24H33BrN2O4S/c1-4-7-8-19(5-2)17-26-24(28)18-27(21-11-13-22(14-12-21)31-6-3)32(29,30)23-15-9-20(25)10-16-23/h9-16,19H,4-8,17-18H2,1-3H3,(H,26,28)/t19-/m1/s1. The molecule has 6 nitrogen and oxygen atoms in total. The minimum absolute atomic E-state index is 0.122. The van der Waals surface area contributed by atoms with E-state index in [1.54, 1.807) is 36.4 Å². The lowest BCUT2D eigenvalue weighted by molar-refractivity contribution is -0.119. The Kier molecular flexibility index (Phi) is 10.5. The molecule has 32 heavy (non-hydrogen) atoms. The van der Waals surface area contributed by atoms with Crippen LogP contribution in [0.15, 0.2) is 57.9 Å². The highest BCUT2D eigenvalue weighted by Crippen LogP contribution is 2.26. The molecule has 0 aliphatic heterocycles. The fraction of sp³-hybridized carbons (Fsp3) is 0.458. The number of hydrogen-bond acceptors (Lipinski definition) is 4. The van der Waals surface area contributed by atoms with Gasteiger partial charge < -0.3 is 10.1 Å². The van der Waals surface area contributed by atoms with Gasteiger partial charge in [0.2, 0.25) is 5.91 Å². The molecule has 2 aromatic carbocycles. The SMILES string of the molecule is CCCC[C@@H](CC)CNC(=O)CN(c1ccc(OCC)cc1)S(=O)(=O)c1ccc(Br)cc1. The lowest BCUT2D eigenvalue weighted by Gasteiger charge is -2.25. The van der Waals surface area contributed by atoms with Crippen LogP contribution in [0, 0.1) is 5.92 Å². The van der Waals surface area contributed by atoms with Gasteiger partial charge in [0.15, 0.2) is 0 Å². The van der Waals surface area contributed by atoms with Gasteiger partial charge in [-0.2, -0.15) is 0 Å². The minimum atomic E-state index is -3.94. The molecule has 0 aromatic heterocycles. The molecule has 0 bridgehead atoms. The van der Waals surface area contributed by atoms with Crippen LogP contribution in [0.25, 0.3) is 0 Å². The van der Waals surface area contributed by atoms with E-state index in [2.05, 4.69) is 35.1 Å². The van der Waals surface area contributed by atoms with E-state index in [9.17, 15) is 13.2 Å². The first-order valence-corrected chi connectivity index (χ1v) is 13.3. The van der Waals surface area contributed by atoms with Crippen LogP contribution in [-0.4, -0.2) is 34.0 Å². The number of unbranched alkanes of at least 4 members (excludes halogenated alkanes) is 1. The van der Waals surface area contributed by atoms with E-state index in [-0.39, 0.29) is 17.3 Å². The molecular weight excluding hydrogens is 492 g/mol. The highest BCUT2D eigenvalue weighted by molar-refractivity contribution is 9.10. The number of nitrogens with one attached hydrogen (secondary N) is 1. The largest absolute Gasteiger partial charge is 0.494 e. The molecule has 1 amide bonds. The van der Waals surface area contributed by atoms with Gasteiger partial charge in [0.05, 0.1) is 17.2 Å². The highest BCUT2D eigenvalue weighted by Gasteiger charge is 2.27. The van der Waals surface area contributed by atoms with Crippen molar-refractivity contribution in [3.8, 4) is 5.75 Å². The number of nitrogens with zero attached hydrogens (tertiary/aromatic N) is 1. The maximum Gasteiger partial charge on any atom is 0.264 e. The van der Waals surface area contributed by atoms with Crippen LogP contribution >= 0.6 is 15.9 Å². The fourth-order valence-electron chi connectivity index (χ4n) is 3.31. The molecular formula is C24H33BrN2O4S. The van der Waals surface area contributed by atoms with Crippen molar-refractivity contribution in [1.82, 2.24) is 5.32 Å². The van der Waals surface area contributed by atoms with E-state index >= 15 is 0 Å². The predicted molar refractivity (Wildman–Crippen MR) is 133 cm³/mol. The Labute approximate surface area is 200 Å².